The van der Waals surface area contributed by atoms with Crippen molar-refractivity contribution in [2.75, 3.05) is 18.4 Å². The number of guanidine groups is 1. The number of para-hydroxylation sites is 1. The maximum absolute atomic E-state index is 12.0. The number of hydrogen-bond donors (Lipinski definition) is 3. The molecule has 3 atom stereocenters. The highest BCUT2D eigenvalue weighted by Gasteiger charge is 2.39. The Balaban J connectivity index is 0.00000240. The van der Waals surface area contributed by atoms with Crippen LogP contribution >= 0.6 is 35.6 Å². The molecule has 5 nitrogen and oxygen atoms in total. The van der Waals surface area contributed by atoms with Crippen LogP contribution in [0.4, 0.5) is 5.69 Å². The lowest BCUT2D eigenvalue weighted by Gasteiger charge is -2.24. The van der Waals surface area contributed by atoms with Crippen LogP contribution in [0.2, 0.25) is 5.02 Å². The van der Waals surface area contributed by atoms with Gasteiger partial charge >= 0.3 is 0 Å². The van der Waals surface area contributed by atoms with Gasteiger partial charge in [-0.25, -0.2) is 0 Å². The Kier molecular flexibility index (Phi) is 7.40. The highest BCUT2D eigenvalue weighted by atomic mass is 127. The minimum Gasteiger partial charge on any atom is -0.357 e. The average molecular weight is 525 g/mol. The van der Waals surface area contributed by atoms with E-state index in [1.165, 1.54) is 5.56 Å². The fraction of sp³-hybridized carbons (Fsp3) is 0.364. The van der Waals surface area contributed by atoms with Crippen molar-refractivity contribution in [2.24, 2.45) is 4.99 Å². The molecule has 2 aliphatic rings. The molecule has 2 aromatic rings. The number of halogens is 2. The van der Waals surface area contributed by atoms with Crippen molar-refractivity contribution in [3.63, 3.8) is 0 Å². The molecular formula is C22H26ClIN4O. The summed E-state index contributed by atoms with van der Waals surface area (Å²) in [4.78, 5) is 16.8. The van der Waals surface area contributed by atoms with E-state index >= 15 is 0 Å². The Bertz CT molecular complexity index is 904. The molecule has 1 amide bonds. The number of benzene rings is 2. The average Bonchev–Trinajstić information content (AvgIpc) is 3.45. The molecule has 7 heteroatoms. The Hall–Kier alpha value is -1.80. The molecular weight excluding hydrogens is 499 g/mol. The predicted molar refractivity (Wildman–Crippen MR) is 130 cm³/mol. The van der Waals surface area contributed by atoms with Crippen LogP contribution in [0.1, 0.15) is 42.7 Å². The Morgan fingerprint density at radius 2 is 2.07 bits per heavy atom. The zero-order valence-corrected chi connectivity index (χ0v) is 19.4. The van der Waals surface area contributed by atoms with Crippen LogP contribution < -0.4 is 16.0 Å². The van der Waals surface area contributed by atoms with Crippen molar-refractivity contribution in [1.82, 2.24) is 10.6 Å². The number of hydrogen-bond acceptors (Lipinski definition) is 2. The zero-order valence-electron chi connectivity index (χ0n) is 16.3. The molecule has 0 saturated heterocycles. The smallest absolute Gasteiger partial charge is 0.225 e. The first-order valence-corrected chi connectivity index (χ1v) is 10.2. The largest absolute Gasteiger partial charge is 0.357 e. The normalized spacial score (nSPS) is 22.8. The van der Waals surface area contributed by atoms with E-state index in [4.69, 9.17) is 16.6 Å². The molecule has 3 N–H and O–H groups in total. The van der Waals surface area contributed by atoms with Gasteiger partial charge in [-0.1, -0.05) is 41.9 Å². The molecule has 4 rings (SSSR count). The molecule has 0 bridgehead atoms. The number of fused-ring (bicyclic) bond motifs is 1. The minimum absolute atomic E-state index is 0. The molecule has 0 aromatic heterocycles. The van der Waals surface area contributed by atoms with Crippen LogP contribution in [0, 0.1) is 0 Å². The van der Waals surface area contributed by atoms with Crippen LogP contribution in [0.15, 0.2) is 53.5 Å². The number of nitrogens with one attached hydrogen (secondary N) is 3. The van der Waals surface area contributed by atoms with E-state index in [2.05, 4.69) is 35.0 Å². The van der Waals surface area contributed by atoms with E-state index in [-0.39, 0.29) is 35.8 Å². The second kappa shape index (κ2) is 9.80. The fourth-order valence-corrected chi connectivity index (χ4v) is 4.02. The van der Waals surface area contributed by atoms with Gasteiger partial charge in [0.25, 0.3) is 0 Å². The summed E-state index contributed by atoms with van der Waals surface area (Å²) in [6, 6.07) is 16.4. The highest BCUT2D eigenvalue weighted by molar-refractivity contribution is 14.0. The molecule has 3 unspecified atom stereocenters. The van der Waals surface area contributed by atoms with Gasteiger partial charge in [0.2, 0.25) is 5.91 Å². The van der Waals surface area contributed by atoms with E-state index in [1.54, 1.807) is 0 Å². The summed E-state index contributed by atoms with van der Waals surface area (Å²) in [6.07, 6.45) is 1.54. The summed E-state index contributed by atoms with van der Waals surface area (Å²) in [5, 5.41) is 10.6. The first kappa shape index (κ1) is 21.9. The summed E-state index contributed by atoms with van der Waals surface area (Å²) in [7, 11) is 0. The van der Waals surface area contributed by atoms with Crippen LogP contribution in [0.25, 0.3) is 0 Å². The third-order valence-electron chi connectivity index (χ3n) is 5.31. The number of amides is 1. The number of carbonyl (C=O) groups is 1. The van der Waals surface area contributed by atoms with Gasteiger partial charge in [0.15, 0.2) is 5.96 Å². The molecule has 1 aliphatic carbocycles. The lowest BCUT2D eigenvalue weighted by Crippen LogP contribution is -2.39. The lowest BCUT2D eigenvalue weighted by atomic mass is 9.91. The van der Waals surface area contributed by atoms with Crippen LogP contribution in [-0.2, 0) is 4.79 Å². The van der Waals surface area contributed by atoms with Gasteiger partial charge < -0.3 is 16.0 Å². The van der Waals surface area contributed by atoms with Crippen molar-refractivity contribution < 1.29 is 4.79 Å². The number of anilines is 1. The zero-order chi connectivity index (χ0) is 19.5. The Morgan fingerprint density at radius 3 is 2.86 bits per heavy atom. The van der Waals surface area contributed by atoms with Gasteiger partial charge in [0.1, 0.15) is 0 Å². The number of nitrogens with zero attached hydrogens (tertiary/aromatic N) is 1. The van der Waals surface area contributed by atoms with Crippen molar-refractivity contribution in [3.05, 3.63) is 64.7 Å². The van der Waals surface area contributed by atoms with Gasteiger partial charge in [0.05, 0.1) is 6.54 Å². The monoisotopic (exact) mass is 524 g/mol. The molecule has 1 heterocycles. The van der Waals surface area contributed by atoms with Crippen molar-refractivity contribution in [1.29, 1.82) is 0 Å². The van der Waals surface area contributed by atoms with E-state index in [9.17, 15) is 4.79 Å². The predicted octanol–water partition coefficient (Wildman–Crippen LogP) is 4.50. The van der Waals surface area contributed by atoms with Crippen LogP contribution in [0.5, 0.6) is 0 Å². The van der Waals surface area contributed by atoms with E-state index < -0.39 is 0 Å². The third-order valence-corrected chi connectivity index (χ3v) is 5.54. The molecule has 0 radical (unpaired) electrons. The molecule has 2 aromatic carbocycles. The molecule has 1 saturated carbocycles. The van der Waals surface area contributed by atoms with Crippen LogP contribution in [0.3, 0.4) is 0 Å². The van der Waals surface area contributed by atoms with E-state index in [0.29, 0.717) is 24.9 Å². The summed E-state index contributed by atoms with van der Waals surface area (Å²) < 4.78 is 0. The summed E-state index contributed by atoms with van der Waals surface area (Å²) >= 11 is 6.12. The second-order valence-corrected chi connectivity index (χ2v) is 7.84. The topological polar surface area (TPSA) is 65.5 Å². The van der Waals surface area contributed by atoms with Gasteiger partial charge in [0, 0.05) is 41.6 Å². The lowest BCUT2D eigenvalue weighted by molar-refractivity contribution is -0.116. The number of aliphatic imine (C=N–C) groups is 1. The summed E-state index contributed by atoms with van der Waals surface area (Å²) in [5.41, 5.74) is 3.32. The molecule has 1 aliphatic heterocycles. The SMILES string of the molecule is CCNC(=NCC1CC(=O)Nc2ccccc21)NC1CC1c1cccc(Cl)c1.I. The van der Waals surface area contributed by atoms with Gasteiger partial charge in [-0.2, -0.15) is 0 Å². The van der Waals surface area contributed by atoms with Gasteiger partial charge in [-0.15, -0.1) is 24.0 Å². The molecule has 0 spiro atoms. The second-order valence-electron chi connectivity index (χ2n) is 7.40. The first-order chi connectivity index (χ1) is 13.6. The van der Waals surface area contributed by atoms with Gasteiger partial charge in [-0.05, 0) is 42.7 Å². The maximum atomic E-state index is 12.0. The fourth-order valence-electron chi connectivity index (χ4n) is 3.82. The van der Waals surface area contributed by atoms with Gasteiger partial charge in [-0.3, -0.25) is 9.79 Å². The first-order valence-electron chi connectivity index (χ1n) is 9.83. The highest BCUT2D eigenvalue weighted by Crippen LogP contribution is 2.41. The van der Waals surface area contributed by atoms with E-state index in [0.717, 1.165) is 35.2 Å². The summed E-state index contributed by atoms with van der Waals surface area (Å²) in [5.74, 6) is 1.42. The quantitative estimate of drug-likeness (QED) is 0.307. The molecule has 29 heavy (non-hydrogen) atoms. The van der Waals surface area contributed by atoms with Crippen LogP contribution in [-0.4, -0.2) is 31.0 Å². The minimum atomic E-state index is 0. The maximum Gasteiger partial charge on any atom is 0.225 e. The van der Waals surface area contributed by atoms with Crippen molar-refractivity contribution >= 4 is 53.1 Å². The van der Waals surface area contributed by atoms with E-state index in [1.807, 2.05) is 36.4 Å². The third kappa shape index (κ3) is 5.42. The number of rotatable bonds is 5. The Labute approximate surface area is 193 Å². The Morgan fingerprint density at radius 1 is 1.24 bits per heavy atom. The standard InChI is InChI=1S/C22H25ClN4O.HI/c1-2-24-22(27-20-12-18(20)14-6-5-7-16(23)10-14)25-13-15-11-21(28)26-19-9-4-3-8-17(15)19;/h3-10,15,18,20H,2,11-13H2,1H3,(H,26,28)(H2,24,25,27);1H. The number of carbonyl (C=O) groups excluding carboxylic acids is 1. The molecule has 1 fully saturated rings. The van der Waals surface area contributed by atoms with Crippen molar-refractivity contribution in [2.45, 2.75) is 37.6 Å². The molecule has 154 valence electrons. The summed E-state index contributed by atoms with van der Waals surface area (Å²) in [6.45, 7) is 3.43. The van der Waals surface area contributed by atoms with Crippen molar-refractivity contribution in [3.8, 4) is 0 Å².